The molecule has 8 nitrogen and oxygen atoms in total. The minimum absolute atomic E-state index is 0.154. The monoisotopic (exact) mass is 447 g/mol. The number of amides is 1. The summed E-state index contributed by atoms with van der Waals surface area (Å²) < 4.78 is 16.3. The fourth-order valence-electron chi connectivity index (χ4n) is 2.76. The van der Waals surface area contributed by atoms with Gasteiger partial charge in [0.2, 0.25) is 0 Å². The first-order valence-corrected chi connectivity index (χ1v) is 10.6. The van der Waals surface area contributed by atoms with Gasteiger partial charge in [0.25, 0.3) is 0 Å². The number of benzene rings is 2. The topological polar surface area (TPSA) is 114 Å². The highest BCUT2D eigenvalue weighted by Gasteiger charge is 2.27. The van der Waals surface area contributed by atoms with E-state index in [1.807, 2.05) is 18.4 Å². The quantitative estimate of drug-likeness (QED) is 0.361. The van der Waals surface area contributed by atoms with Crippen molar-refractivity contribution in [2.75, 3.05) is 25.3 Å². The van der Waals surface area contributed by atoms with Gasteiger partial charge in [-0.25, -0.2) is 9.59 Å². The van der Waals surface area contributed by atoms with Gasteiger partial charge in [-0.1, -0.05) is 6.07 Å². The van der Waals surface area contributed by atoms with Crippen LogP contribution in [0.2, 0.25) is 0 Å². The number of ether oxygens (including phenoxy) is 3. The van der Waals surface area contributed by atoms with Crippen molar-refractivity contribution in [1.29, 1.82) is 0 Å². The molecule has 0 aliphatic rings. The number of nitrogens with one attached hydrogen (secondary N) is 1. The van der Waals surface area contributed by atoms with Gasteiger partial charge in [0.1, 0.15) is 6.10 Å². The fraction of sp³-hybridized carbons (Fsp3) is 0.273. The number of carbonyl (C=O) groups is 2. The van der Waals surface area contributed by atoms with Gasteiger partial charge in [0.15, 0.2) is 17.6 Å². The lowest BCUT2D eigenvalue weighted by molar-refractivity contribution is -0.131. The first kappa shape index (κ1) is 24.1. The van der Waals surface area contributed by atoms with Crippen LogP contribution in [-0.2, 0) is 14.3 Å². The maximum Gasteiger partial charge on any atom is 0.412 e. The Labute approximate surface area is 184 Å². The summed E-state index contributed by atoms with van der Waals surface area (Å²) in [4.78, 5) is 24.6. The van der Waals surface area contributed by atoms with E-state index in [0.717, 1.165) is 11.0 Å². The second-order valence-corrected chi connectivity index (χ2v) is 7.11. The number of carbonyl (C=O) groups excluding carboxylic acids is 1. The molecule has 3 N–H and O–H groups in total. The summed E-state index contributed by atoms with van der Waals surface area (Å²) in [6.45, 7) is 1.98. The van der Waals surface area contributed by atoms with Crippen LogP contribution in [0.1, 0.15) is 18.6 Å². The van der Waals surface area contributed by atoms with E-state index in [1.54, 1.807) is 36.9 Å². The molecule has 0 saturated heterocycles. The Morgan fingerprint density at radius 1 is 1.19 bits per heavy atom. The minimum atomic E-state index is -1.17. The maximum absolute atomic E-state index is 12.6. The second kappa shape index (κ2) is 11.9. The Bertz CT molecular complexity index is 915. The molecule has 0 aliphatic carbocycles. The predicted molar refractivity (Wildman–Crippen MR) is 118 cm³/mol. The number of phenols is 1. The van der Waals surface area contributed by atoms with Crippen LogP contribution >= 0.6 is 11.8 Å². The van der Waals surface area contributed by atoms with Crippen LogP contribution in [0.15, 0.2) is 59.5 Å². The van der Waals surface area contributed by atoms with Crippen LogP contribution in [0.25, 0.3) is 0 Å². The van der Waals surface area contributed by atoms with E-state index in [2.05, 4.69) is 5.32 Å². The first-order chi connectivity index (χ1) is 14.9. The van der Waals surface area contributed by atoms with Crippen molar-refractivity contribution in [1.82, 2.24) is 0 Å². The molecule has 0 heterocycles. The fourth-order valence-corrected chi connectivity index (χ4v) is 3.17. The number of anilines is 1. The van der Waals surface area contributed by atoms with E-state index < -0.39 is 24.3 Å². The lowest BCUT2D eigenvalue weighted by Gasteiger charge is -2.25. The van der Waals surface area contributed by atoms with Gasteiger partial charge >= 0.3 is 12.1 Å². The van der Waals surface area contributed by atoms with E-state index >= 15 is 0 Å². The average molecular weight is 448 g/mol. The molecule has 0 fully saturated rings. The third kappa shape index (κ3) is 7.23. The van der Waals surface area contributed by atoms with Crippen molar-refractivity contribution in [2.24, 2.45) is 0 Å². The van der Waals surface area contributed by atoms with Gasteiger partial charge in [-0.05, 0) is 61.2 Å². The molecule has 2 aromatic rings. The van der Waals surface area contributed by atoms with E-state index in [0.29, 0.717) is 11.3 Å². The third-order valence-corrected chi connectivity index (χ3v) is 4.93. The number of hydrogen-bond acceptors (Lipinski definition) is 7. The number of hydrogen-bond donors (Lipinski definition) is 3. The van der Waals surface area contributed by atoms with Crippen molar-refractivity contribution >= 4 is 29.5 Å². The standard InChI is InChI=1S/C22H25NO7S/c1-4-29-19(11-12-20(25)26)21(14-5-10-18(28-2)17(24)13-14)30-22(27)23-15-6-8-16(31-3)9-7-15/h5-13,19,21,24H,4H2,1-3H3,(H,23,27)(H,25,26)/b12-11+/t19-,21-/m0/s1. The number of phenolic OH excluding ortho intramolecular Hbond substituents is 1. The van der Waals surface area contributed by atoms with Gasteiger partial charge in [-0.2, -0.15) is 0 Å². The summed E-state index contributed by atoms with van der Waals surface area (Å²) in [6, 6.07) is 11.7. The molecule has 2 rings (SSSR count). The highest BCUT2D eigenvalue weighted by atomic mass is 32.2. The van der Waals surface area contributed by atoms with Crippen LogP contribution in [0.4, 0.5) is 10.5 Å². The number of carboxylic acids is 1. The molecule has 9 heteroatoms. The van der Waals surface area contributed by atoms with Crippen molar-refractivity contribution in [3.63, 3.8) is 0 Å². The molecule has 2 atom stereocenters. The molecule has 0 aromatic heterocycles. The van der Waals surface area contributed by atoms with Gasteiger partial charge < -0.3 is 24.4 Å². The van der Waals surface area contributed by atoms with Crippen LogP contribution < -0.4 is 10.1 Å². The average Bonchev–Trinajstić information content (AvgIpc) is 2.75. The Morgan fingerprint density at radius 3 is 2.45 bits per heavy atom. The smallest absolute Gasteiger partial charge is 0.412 e. The molecule has 31 heavy (non-hydrogen) atoms. The van der Waals surface area contributed by atoms with Crippen LogP contribution in [0.5, 0.6) is 11.5 Å². The molecule has 0 aliphatic heterocycles. The minimum Gasteiger partial charge on any atom is -0.504 e. The van der Waals surface area contributed by atoms with Crippen molar-refractivity contribution < 1.29 is 34.0 Å². The summed E-state index contributed by atoms with van der Waals surface area (Å²) in [5.41, 5.74) is 0.938. The molecule has 0 radical (unpaired) electrons. The zero-order valence-corrected chi connectivity index (χ0v) is 18.2. The number of rotatable bonds is 10. The molecular weight excluding hydrogens is 422 g/mol. The molecule has 1 amide bonds. The van der Waals surface area contributed by atoms with Crippen molar-refractivity contribution in [2.45, 2.75) is 24.0 Å². The zero-order valence-electron chi connectivity index (χ0n) is 17.4. The first-order valence-electron chi connectivity index (χ1n) is 9.39. The predicted octanol–water partition coefficient (Wildman–Crippen LogP) is 4.46. The van der Waals surface area contributed by atoms with E-state index in [4.69, 9.17) is 19.3 Å². The highest BCUT2D eigenvalue weighted by Crippen LogP contribution is 2.33. The SMILES string of the molecule is CCO[C@@H](/C=C/C(=O)O)[C@@H](OC(=O)Nc1ccc(SC)cc1)c1ccc(OC)c(O)c1. The molecule has 166 valence electrons. The van der Waals surface area contributed by atoms with Crippen LogP contribution in [-0.4, -0.2) is 48.4 Å². The largest absolute Gasteiger partial charge is 0.504 e. The second-order valence-electron chi connectivity index (χ2n) is 6.23. The number of aromatic hydroxyl groups is 1. The molecule has 0 unspecified atom stereocenters. The summed E-state index contributed by atoms with van der Waals surface area (Å²) in [7, 11) is 1.41. The normalized spacial score (nSPS) is 12.9. The number of aliphatic carboxylic acids is 1. The molecule has 2 aromatic carbocycles. The van der Waals surface area contributed by atoms with Crippen molar-refractivity contribution in [3.8, 4) is 11.5 Å². The number of methoxy groups -OCH3 is 1. The Hall–Kier alpha value is -3.17. The number of carboxylic acid groups (broad SMARTS) is 1. The zero-order chi connectivity index (χ0) is 22.8. The summed E-state index contributed by atoms with van der Waals surface area (Å²) >= 11 is 1.58. The Morgan fingerprint density at radius 2 is 1.90 bits per heavy atom. The van der Waals surface area contributed by atoms with E-state index in [1.165, 1.54) is 25.3 Å². The summed E-state index contributed by atoms with van der Waals surface area (Å²) in [6.07, 6.45) is 1.46. The summed E-state index contributed by atoms with van der Waals surface area (Å²) in [5.74, 6) is -1.08. The molecule has 0 saturated carbocycles. The molecular formula is C22H25NO7S. The maximum atomic E-state index is 12.6. The van der Waals surface area contributed by atoms with E-state index in [-0.39, 0.29) is 18.1 Å². The lowest BCUT2D eigenvalue weighted by Crippen LogP contribution is -2.27. The van der Waals surface area contributed by atoms with Gasteiger partial charge in [0, 0.05) is 23.3 Å². The van der Waals surface area contributed by atoms with Gasteiger partial charge in [-0.3, -0.25) is 5.32 Å². The highest BCUT2D eigenvalue weighted by molar-refractivity contribution is 7.98. The Balaban J connectivity index is 2.31. The van der Waals surface area contributed by atoms with Crippen molar-refractivity contribution in [3.05, 3.63) is 60.2 Å². The number of thioether (sulfide) groups is 1. The molecule has 0 bridgehead atoms. The van der Waals surface area contributed by atoms with Gasteiger partial charge in [0.05, 0.1) is 7.11 Å². The Kier molecular flexibility index (Phi) is 9.23. The van der Waals surface area contributed by atoms with Crippen LogP contribution in [0, 0.1) is 0 Å². The third-order valence-electron chi connectivity index (χ3n) is 4.19. The summed E-state index contributed by atoms with van der Waals surface area (Å²) in [5, 5.41) is 21.8. The van der Waals surface area contributed by atoms with E-state index in [9.17, 15) is 14.7 Å². The molecule has 0 spiro atoms. The van der Waals surface area contributed by atoms with Crippen LogP contribution in [0.3, 0.4) is 0 Å². The lowest BCUT2D eigenvalue weighted by atomic mass is 10.0. The van der Waals surface area contributed by atoms with Gasteiger partial charge in [-0.15, -0.1) is 11.8 Å².